The van der Waals surface area contributed by atoms with Crippen LogP contribution in [0.5, 0.6) is 0 Å². The number of likely N-dealkylation sites (tertiary alicyclic amines) is 1. The van der Waals surface area contributed by atoms with Gasteiger partial charge in [0.2, 0.25) is 5.91 Å². The summed E-state index contributed by atoms with van der Waals surface area (Å²) in [6, 6.07) is 9.96. The van der Waals surface area contributed by atoms with E-state index in [0.29, 0.717) is 19.5 Å². The topological polar surface area (TPSA) is 53.0 Å². The minimum atomic E-state index is -0.376. The Hall–Kier alpha value is -1.69. The third-order valence-electron chi connectivity index (χ3n) is 4.88. The minimum absolute atomic E-state index is 0.0219. The molecule has 2 aliphatic heterocycles. The number of ether oxygens (including phenoxy) is 1. The van der Waals surface area contributed by atoms with Gasteiger partial charge in [0.1, 0.15) is 0 Å². The first-order valence-electron chi connectivity index (χ1n) is 8.76. The Morgan fingerprint density at radius 2 is 1.79 bits per heavy atom. The summed E-state index contributed by atoms with van der Waals surface area (Å²) in [7, 11) is 0. The van der Waals surface area contributed by atoms with Crippen LogP contribution >= 0.6 is 0 Å². The van der Waals surface area contributed by atoms with Gasteiger partial charge in [-0.3, -0.25) is 9.69 Å². The van der Waals surface area contributed by atoms with Gasteiger partial charge in [-0.15, -0.1) is 0 Å². The largest absolute Gasteiger partial charge is 0.391 e. The molecule has 0 radical (unpaired) electrons. The highest BCUT2D eigenvalue weighted by atomic mass is 16.5. The van der Waals surface area contributed by atoms with Gasteiger partial charge in [-0.2, -0.15) is 0 Å². The number of amides is 1. The fraction of sp³-hybridized carbons (Fsp3) is 0.526. The van der Waals surface area contributed by atoms with Crippen LogP contribution in [0.3, 0.4) is 0 Å². The highest BCUT2D eigenvalue weighted by Crippen LogP contribution is 2.19. The van der Waals surface area contributed by atoms with Crippen molar-refractivity contribution < 1.29 is 14.6 Å². The number of nitrogens with zero attached hydrogens (tertiary/aromatic N) is 2. The molecular weight excluding hydrogens is 304 g/mol. The van der Waals surface area contributed by atoms with Crippen molar-refractivity contribution in [3.05, 3.63) is 42.0 Å². The quantitative estimate of drug-likeness (QED) is 0.851. The highest BCUT2D eigenvalue weighted by molar-refractivity contribution is 5.91. The maximum Gasteiger partial charge on any atom is 0.246 e. The zero-order valence-corrected chi connectivity index (χ0v) is 14.0. The molecule has 2 aliphatic rings. The van der Waals surface area contributed by atoms with E-state index in [-0.39, 0.29) is 18.1 Å². The van der Waals surface area contributed by atoms with Crippen LogP contribution in [0.15, 0.2) is 36.4 Å². The molecule has 0 bridgehead atoms. The van der Waals surface area contributed by atoms with Crippen molar-refractivity contribution in [3.63, 3.8) is 0 Å². The van der Waals surface area contributed by atoms with Crippen LogP contribution in [0.25, 0.3) is 6.08 Å². The molecule has 2 fully saturated rings. The second-order valence-electron chi connectivity index (χ2n) is 6.43. The molecule has 2 heterocycles. The third kappa shape index (κ3) is 4.44. The average Bonchev–Trinajstić information content (AvgIpc) is 2.83. The fourth-order valence-corrected chi connectivity index (χ4v) is 3.47. The zero-order valence-electron chi connectivity index (χ0n) is 14.0. The first kappa shape index (κ1) is 17.1. The van der Waals surface area contributed by atoms with E-state index in [4.69, 9.17) is 4.74 Å². The van der Waals surface area contributed by atoms with Crippen molar-refractivity contribution in [2.24, 2.45) is 0 Å². The van der Waals surface area contributed by atoms with Crippen LogP contribution in [0.1, 0.15) is 18.4 Å². The summed E-state index contributed by atoms with van der Waals surface area (Å²) in [5, 5.41) is 10.5. The molecular formula is C19H26N2O3. The predicted molar refractivity (Wildman–Crippen MR) is 93.5 cm³/mol. The van der Waals surface area contributed by atoms with E-state index in [1.54, 1.807) is 6.08 Å². The summed E-state index contributed by atoms with van der Waals surface area (Å²) in [5.74, 6) is 0.0219. The third-order valence-corrected chi connectivity index (χ3v) is 4.88. The van der Waals surface area contributed by atoms with Crippen molar-refractivity contribution in [1.29, 1.82) is 0 Å². The molecule has 0 saturated carbocycles. The lowest BCUT2D eigenvalue weighted by atomic mass is 10.0. The first-order chi connectivity index (χ1) is 11.7. The molecule has 0 aromatic heterocycles. The Labute approximate surface area is 143 Å². The summed E-state index contributed by atoms with van der Waals surface area (Å²) in [6.07, 6.45) is 4.55. The van der Waals surface area contributed by atoms with Crippen LogP contribution < -0.4 is 0 Å². The molecule has 1 aromatic rings. The number of morpholine rings is 1. The Morgan fingerprint density at radius 3 is 2.54 bits per heavy atom. The van der Waals surface area contributed by atoms with Crippen LogP contribution in [0.2, 0.25) is 0 Å². The second-order valence-corrected chi connectivity index (χ2v) is 6.43. The molecule has 5 heteroatoms. The van der Waals surface area contributed by atoms with Crippen molar-refractivity contribution in [2.75, 3.05) is 39.4 Å². The lowest BCUT2D eigenvalue weighted by Gasteiger charge is -2.36. The van der Waals surface area contributed by atoms with Crippen LogP contribution in [0.4, 0.5) is 0 Å². The minimum Gasteiger partial charge on any atom is -0.391 e. The van der Waals surface area contributed by atoms with Gasteiger partial charge in [-0.05, 0) is 24.5 Å². The Morgan fingerprint density at radius 1 is 1.08 bits per heavy atom. The maximum absolute atomic E-state index is 12.4. The maximum atomic E-state index is 12.4. The van der Waals surface area contributed by atoms with Crippen molar-refractivity contribution >= 4 is 12.0 Å². The summed E-state index contributed by atoms with van der Waals surface area (Å²) in [5.41, 5.74) is 1.02. The van der Waals surface area contributed by atoms with E-state index in [0.717, 1.165) is 38.3 Å². The van der Waals surface area contributed by atoms with Crippen molar-refractivity contribution in [1.82, 2.24) is 9.80 Å². The normalized spacial score (nSPS) is 26.5. The number of aliphatic hydroxyl groups is 1. The number of carbonyl (C=O) groups is 1. The van der Waals surface area contributed by atoms with Crippen LogP contribution in [-0.2, 0) is 9.53 Å². The molecule has 0 aliphatic carbocycles. The van der Waals surface area contributed by atoms with Gasteiger partial charge >= 0.3 is 0 Å². The molecule has 0 spiro atoms. The van der Waals surface area contributed by atoms with E-state index >= 15 is 0 Å². The predicted octanol–water partition coefficient (Wildman–Crippen LogP) is 1.38. The van der Waals surface area contributed by atoms with Gasteiger partial charge in [-0.25, -0.2) is 0 Å². The Balaban J connectivity index is 1.57. The lowest BCUT2D eigenvalue weighted by Crippen LogP contribution is -2.49. The van der Waals surface area contributed by atoms with Crippen LogP contribution in [0, 0.1) is 0 Å². The van der Waals surface area contributed by atoms with Gasteiger partial charge in [0.25, 0.3) is 0 Å². The van der Waals surface area contributed by atoms with E-state index in [9.17, 15) is 9.90 Å². The van der Waals surface area contributed by atoms with Gasteiger partial charge < -0.3 is 14.7 Å². The monoisotopic (exact) mass is 330 g/mol. The summed E-state index contributed by atoms with van der Waals surface area (Å²) < 4.78 is 5.39. The van der Waals surface area contributed by atoms with Crippen molar-refractivity contribution in [3.8, 4) is 0 Å². The van der Waals surface area contributed by atoms with Gasteiger partial charge in [0, 0.05) is 38.3 Å². The second kappa shape index (κ2) is 8.42. The van der Waals surface area contributed by atoms with Gasteiger partial charge in [0.05, 0.1) is 19.3 Å². The molecule has 0 unspecified atom stereocenters. The molecule has 5 nitrogen and oxygen atoms in total. The first-order valence-corrected chi connectivity index (χ1v) is 8.76. The molecule has 1 N–H and O–H groups in total. The van der Waals surface area contributed by atoms with E-state index in [1.165, 1.54) is 0 Å². The molecule has 1 amide bonds. The molecule has 130 valence electrons. The number of hydrogen-bond acceptors (Lipinski definition) is 4. The lowest BCUT2D eigenvalue weighted by molar-refractivity contribution is -0.126. The van der Waals surface area contributed by atoms with Crippen LogP contribution in [-0.4, -0.2) is 72.4 Å². The summed E-state index contributed by atoms with van der Waals surface area (Å²) in [4.78, 5) is 16.6. The highest BCUT2D eigenvalue weighted by Gasteiger charge is 2.31. The molecule has 3 rings (SSSR count). The number of benzene rings is 1. The zero-order chi connectivity index (χ0) is 16.8. The van der Waals surface area contributed by atoms with E-state index in [1.807, 2.05) is 41.3 Å². The van der Waals surface area contributed by atoms with Gasteiger partial charge in [-0.1, -0.05) is 30.3 Å². The standard InChI is InChI=1S/C19H26N2O3/c22-18-9-11-21(10-8-17(18)20-12-14-24-15-13-20)19(23)7-6-16-4-2-1-3-5-16/h1-7,17-18,22H,8-15H2/b7-6+/t17-,18-/m0/s1. The Kier molecular flexibility index (Phi) is 6.01. The van der Waals surface area contributed by atoms with E-state index in [2.05, 4.69) is 4.90 Å². The number of carbonyl (C=O) groups excluding carboxylic acids is 1. The molecule has 2 saturated heterocycles. The average molecular weight is 330 g/mol. The summed E-state index contributed by atoms with van der Waals surface area (Å²) in [6.45, 7) is 4.49. The van der Waals surface area contributed by atoms with E-state index < -0.39 is 0 Å². The number of hydrogen-bond donors (Lipinski definition) is 1. The SMILES string of the molecule is O=C(/C=C/c1ccccc1)N1CC[C@H](O)[C@@H](N2CCOCC2)CC1. The van der Waals surface area contributed by atoms with Gasteiger partial charge in [0.15, 0.2) is 0 Å². The smallest absolute Gasteiger partial charge is 0.246 e. The fourth-order valence-electron chi connectivity index (χ4n) is 3.47. The molecule has 1 aromatic carbocycles. The number of rotatable bonds is 3. The number of aliphatic hydroxyl groups excluding tert-OH is 1. The summed E-state index contributed by atoms with van der Waals surface area (Å²) >= 11 is 0. The Bertz CT molecular complexity index is 555. The molecule has 24 heavy (non-hydrogen) atoms. The molecule has 2 atom stereocenters. The van der Waals surface area contributed by atoms with Crippen molar-refractivity contribution in [2.45, 2.75) is 25.0 Å².